The molecule has 1 rings (SSSR count). The van der Waals surface area contributed by atoms with Crippen molar-refractivity contribution in [2.75, 3.05) is 13.2 Å². The van der Waals surface area contributed by atoms with Gasteiger partial charge in [0.15, 0.2) is 0 Å². The van der Waals surface area contributed by atoms with E-state index in [9.17, 15) is 4.89 Å². The molecule has 0 aliphatic rings. The number of benzene rings is 1. The zero-order valence-electron chi connectivity index (χ0n) is 19.9. The van der Waals surface area contributed by atoms with Crippen molar-refractivity contribution >= 4 is 8.60 Å². The molecular formula is C26H49O3P. The average Bonchev–Trinajstić information content (AvgIpc) is 2.78. The summed E-state index contributed by atoms with van der Waals surface area (Å²) in [6.45, 7) is 5.77. The molecule has 0 aromatic heterocycles. The van der Waals surface area contributed by atoms with Crippen molar-refractivity contribution in [2.24, 2.45) is 0 Å². The first-order valence-electron chi connectivity index (χ1n) is 12.6. The summed E-state index contributed by atoms with van der Waals surface area (Å²) < 4.78 is 10.7. The third-order valence-electron chi connectivity index (χ3n) is 5.07. The van der Waals surface area contributed by atoms with Crippen LogP contribution in [0.2, 0.25) is 0 Å². The molecule has 3 nitrogen and oxygen atoms in total. The SMILES string of the molecule is CCCCCCCCCCOP(O)OCCCCCCCCCC.c1ccccc1. The molecular weight excluding hydrogens is 391 g/mol. The maximum Gasteiger partial charge on any atom is 0.329 e. The van der Waals surface area contributed by atoms with E-state index in [2.05, 4.69) is 13.8 Å². The Labute approximate surface area is 189 Å². The lowest BCUT2D eigenvalue weighted by Gasteiger charge is -2.10. The highest BCUT2D eigenvalue weighted by Crippen LogP contribution is 2.33. The monoisotopic (exact) mass is 440 g/mol. The van der Waals surface area contributed by atoms with E-state index in [0.29, 0.717) is 13.2 Å². The molecule has 30 heavy (non-hydrogen) atoms. The van der Waals surface area contributed by atoms with Crippen LogP contribution in [0.1, 0.15) is 117 Å². The molecule has 4 heteroatoms. The Morgan fingerprint density at radius 3 is 1.03 bits per heavy atom. The minimum Gasteiger partial charge on any atom is -0.328 e. The first-order valence-corrected chi connectivity index (χ1v) is 13.7. The van der Waals surface area contributed by atoms with E-state index in [0.717, 1.165) is 12.8 Å². The van der Waals surface area contributed by atoms with Gasteiger partial charge >= 0.3 is 8.60 Å². The number of hydrogen-bond donors (Lipinski definition) is 1. The number of hydrogen-bond acceptors (Lipinski definition) is 3. The quantitative estimate of drug-likeness (QED) is 0.162. The zero-order valence-corrected chi connectivity index (χ0v) is 20.8. The van der Waals surface area contributed by atoms with Gasteiger partial charge in [-0.3, -0.25) is 0 Å². The first kappa shape index (κ1) is 29.5. The molecule has 0 heterocycles. The van der Waals surface area contributed by atoms with E-state index in [-0.39, 0.29) is 0 Å². The highest BCUT2D eigenvalue weighted by Gasteiger charge is 2.05. The second-order valence-electron chi connectivity index (χ2n) is 8.01. The summed E-state index contributed by atoms with van der Waals surface area (Å²) in [6, 6.07) is 12.0. The molecule has 0 radical (unpaired) electrons. The Morgan fingerprint density at radius 1 is 0.467 bits per heavy atom. The van der Waals surface area contributed by atoms with E-state index in [1.165, 1.54) is 89.9 Å². The predicted molar refractivity (Wildman–Crippen MR) is 133 cm³/mol. The summed E-state index contributed by atoms with van der Waals surface area (Å²) in [5, 5.41) is 0. The highest BCUT2D eigenvalue weighted by molar-refractivity contribution is 7.40. The first-order chi connectivity index (χ1) is 14.8. The largest absolute Gasteiger partial charge is 0.329 e. The summed E-state index contributed by atoms with van der Waals surface area (Å²) in [5.41, 5.74) is 0. The Hall–Kier alpha value is -0.470. The number of unbranched alkanes of at least 4 members (excludes halogenated alkanes) is 14. The highest BCUT2D eigenvalue weighted by atomic mass is 31.2. The van der Waals surface area contributed by atoms with Crippen LogP contribution in [0.15, 0.2) is 36.4 Å². The predicted octanol–water partition coefficient (Wildman–Crippen LogP) is 9.21. The van der Waals surface area contributed by atoms with Gasteiger partial charge in [0.1, 0.15) is 0 Å². The summed E-state index contributed by atoms with van der Waals surface area (Å²) >= 11 is 0. The summed E-state index contributed by atoms with van der Waals surface area (Å²) in [7, 11) is -1.65. The summed E-state index contributed by atoms with van der Waals surface area (Å²) in [4.78, 5) is 9.67. The molecule has 0 fully saturated rings. The molecule has 176 valence electrons. The van der Waals surface area contributed by atoms with Crippen LogP contribution in [0.4, 0.5) is 0 Å². The summed E-state index contributed by atoms with van der Waals surface area (Å²) in [6.07, 6.45) is 20.6. The lowest BCUT2D eigenvalue weighted by atomic mass is 10.1. The smallest absolute Gasteiger partial charge is 0.328 e. The van der Waals surface area contributed by atoms with Crippen molar-refractivity contribution in [3.8, 4) is 0 Å². The normalized spacial score (nSPS) is 10.8. The third-order valence-corrected chi connectivity index (χ3v) is 5.87. The molecule has 1 aromatic rings. The average molecular weight is 441 g/mol. The van der Waals surface area contributed by atoms with Crippen LogP contribution >= 0.6 is 8.60 Å². The molecule has 0 aliphatic heterocycles. The molecule has 0 saturated heterocycles. The standard InChI is InChI=1S/C20H43O3P.C6H6/c1-3-5-7-9-11-13-15-17-19-22-24(21)23-20-18-16-14-12-10-8-6-4-2;1-2-4-6-5-3-1/h21H,3-20H2,1-2H3;1-6H. The van der Waals surface area contributed by atoms with Gasteiger partial charge in [0.05, 0.1) is 13.2 Å². The van der Waals surface area contributed by atoms with Gasteiger partial charge in [-0.2, -0.15) is 0 Å². The van der Waals surface area contributed by atoms with Gasteiger partial charge < -0.3 is 13.9 Å². The Bertz CT molecular complexity index is 354. The number of rotatable bonds is 20. The van der Waals surface area contributed by atoms with Crippen molar-refractivity contribution in [1.82, 2.24) is 0 Å². The van der Waals surface area contributed by atoms with E-state index < -0.39 is 8.60 Å². The van der Waals surface area contributed by atoms with Crippen LogP contribution in [0, 0.1) is 0 Å². The minimum absolute atomic E-state index is 0.634. The maximum absolute atomic E-state index is 9.67. The molecule has 0 aliphatic carbocycles. The topological polar surface area (TPSA) is 38.7 Å². The second-order valence-corrected chi connectivity index (χ2v) is 9.00. The van der Waals surface area contributed by atoms with E-state index >= 15 is 0 Å². The zero-order chi connectivity index (χ0) is 22.0. The molecule has 0 amide bonds. The van der Waals surface area contributed by atoms with E-state index in [4.69, 9.17) is 9.05 Å². The van der Waals surface area contributed by atoms with Crippen molar-refractivity contribution in [3.05, 3.63) is 36.4 Å². The maximum atomic E-state index is 9.67. The molecule has 0 unspecified atom stereocenters. The van der Waals surface area contributed by atoms with Gasteiger partial charge in [0.25, 0.3) is 0 Å². The van der Waals surface area contributed by atoms with Gasteiger partial charge in [-0.05, 0) is 12.8 Å². The Balaban J connectivity index is 0.00000118. The lowest BCUT2D eigenvalue weighted by molar-refractivity contribution is 0.193. The van der Waals surface area contributed by atoms with Crippen LogP contribution in [0.3, 0.4) is 0 Å². The van der Waals surface area contributed by atoms with Crippen molar-refractivity contribution in [1.29, 1.82) is 0 Å². The molecule has 0 spiro atoms. The van der Waals surface area contributed by atoms with Crippen molar-refractivity contribution in [3.63, 3.8) is 0 Å². The van der Waals surface area contributed by atoms with Crippen LogP contribution in [-0.4, -0.2) is 18.1 Å². The second kappa shape index (κ2) is 26.6. The van der Waals surface area contributed by atoms with E-state index in [1.54, 1.807) is 0 Å². The van der Waals surface area contributed by atoms with Gasteiger partial charge in [-0.1, -0.05) is 140 Å². The molecule has 1 N–H and O–H groups in total. The lowest BCUT2D eigenvalue weighted by Crippen LogP contribution is -1.95. The van der Waals surface area contributed by atoms with E-state index in [1.807, 2.05) is 36.4 Å². The van der Waals surface area contributed by atoms with Crippen LogP contribution in [0.25, 0.3) is 0 Å². The van der Waals surface area contributed by atoms with Crippen LogP contribution < -0.4 is 0 Å². The molecule has 0 bridgehead atoms. The minimum atomic E-state index is -1.65. The third kappa shape index (κ3) is 25.6. The van der Waals surface area contributed by atoms with Gasteiger partial charge in [0.2, 0.25) is 0 Å². The van der Waals surface area contributed by atoms with Gasteiger partial charge in [-0.25, -0.2) is 0 Å². The summed E-state index contributed by atoms with van der Waals surface area (Å²) in [5.74, 6) is 0. The fourth-order valence-electron chi connectivity index (χ4n) is 3.18. The van der Waals surface area contributed by atoms with Gasteiger partial charge in [0, 0.05) is 0 Å². The Kier molecular flexibility index (Phi) is 26.1. The van der Waals surface area contributed by atoms with Gasteiger partial charge in [-0.15, -0.1) is 0 Å². The fraction of sp³-hybridized carbons (Fsp3) is 0.769. The molecule has 0 atom stereocenters. The van der Waals surface area contributed by atoms with Crippen molar-refractivity contribution < 1.29 is 13.9 Å². The fourth-order valence-corrected chi connectivity index (χ4v) is 3.82. The molecule has 1 aromatic carbocycles. The van der Waals surface area contributed by atoms with Crippen LogP contribution in [0.5, 0.6) is 0 Å². The van der Waals surface area contributed by atoms with Crippen LogP contribution in [-0.2, 0) is 9.05 Å². The Morgan fingerprint density at radius 2 is 0.733 bits per heavy atom. The van der Waals surface area contributed by atoms with Crippen molar-refractivity contribution in [2.45, 2.75) is 117 Å². The molecule has 0 saturated carbocycles.